The average molecular weight is 827 g/mol. The van der Waals surface area contributed by atoms with Crippen LogP contribution in [0.25, 0.3) is 11.1 Å². The van der Waals surface area contributed by atoms with Crippen molar-refractivity contribution in [2.75, 3.05) is 12.5 Å². The molecule has 0 unspecified atom stereocenters. The van der Waals surface area contributed by atoms with Crippen LogP contribution in [0.15, 0.2) is 71.7 Å². The Morgan fingerprint density at radius 2 is 0.786 bits per heavy atom. The molecule has 0 bridgehead atoms. The number of rotatable bonds is 4. The lowest BCUT2D eigenvalue weighted by Crippen LogP contribution is -2.29. The summed E-state index contributed by atoms with van der Waals surface area (Å²) in [6.45, 7) is 0. The SMILES string of the molecule is CSc1ccc(-c2c(F)c(F)c(Br)c(F)c2F)cc1.CSc1ccc(B(O)O)cc1.Fc1c(F)c(Br)c(F)c(F)c1Br. The van der Waals surface area contributed by atoms with E-state index >= 15 is 0 Å². The van der Waals surface area contributed by atoms with Gasteiger partial charge in [0, 0.05) is 9.79 Å². The Labute approximate surface area is 269 Å². The number of benzene rings is 4. The third-order valence-electron chi connectivity index (χ3n) is 5.16. The van der Waals surface area contributed by atoms with Crippen LogP contribution in [-0.2, 0) is 0 Å². The highest BCUT2D eigenvalue weighted by molar-refractivity contribution is 9.11. The predicted molar refractivity (Wildman–Crippen MR) is 161 cm³/mol. The first kappa shape index (κ1) is 36.6. The van der Waals surface area contributed by atoms with E-state index in [0.717, 1.165) is 9.79 Å². The molecule has 4 aromatic carbocycles. The highest BCUT2D eigenvalue weighted by Gasteiger charge is 2.25. The van der Waals surface area contributed by atoms with Crippen molar-refractivity contribution in [3.05, 3.63) is 108 Å². The molecule has 0 aliphatic rings. The number of hydrogen-bond donors (Lipinski definition) is 2. The molecule has 0 aromatic heterocycles. The quantitative estimate of drug-likeness (QED) is 0.0709. The van der Waals surface area contributed by atoms with E-state index in [1.54, 1.807) is 36.0 Å². The molecule has 4 aromatic rings. The Balaban J connectivity index is 0.000000233. The zero-order chi connectivity index (χ0) is 31.9. The van der Waals surface area contributed by atoms with Crippen LogP contribution in [0.5, 0.6) is 0 Å². The second-order valence-corrected chi connectivity index (χ2v) is 11.8. The first-order valence-electron chi connectivity index (χ1n) is 11.0. The molecule has 0 spiro atoms. The monoisotopic (exact) mass is 824 g/mol. The Kier molecular flexibility index (Phi) is 14.4. The normalized spacial score (nSPS) is 10.5. The standard InChI is InChI=1S/C13H7BrF4S.C7H9BO2S.C6Br2F4/c1-19-7-4-2-6(3-5-7)8-10(15)12(17)9(14)13(18)11(8)16;1-11-7-4-2-6(3-5-7)8(9)10;7-1-3(9)5(11)2(8)6(12)4(1)10/h2-5H,1H3;2-5,9-10H,1H3;. The molecule has 0 aliphatic carbocycles. The Bertz CT molecular complexity index is 1410. The second kappa shape index (κ2) is 16.5. The van der Waals surface area contributed by atoms with Crippen molar-refractivity contribution in [1.29, 1.82) is 0 Å². The van der Waals surface area contributed by atoms with Crippen LogP contribution in [0.2, 0.25) is 0 Å². The van der Waals surface area contributed by atoms with Gasteiger partial charge in [0.2, 0.25) is 0 Å². The van der Waals surface area contributed by atoms with Gasteiger partial charge in [-0.2, -0.15) is 0 Å². The van der Waals surface area contributed by atoms with Gasteiger partial charge in [0.05, 0.1) is 19.0 Å². The van der Waals surface area contributed by atoms with Crippen LogP contribution in [0, 0.1) is 46.5 Å². The lowest BCUT2D eigenvalue weighted by molar-refractivity contribution is 0.425. The lowest BCUT2D eigenvalue weighted by atomic mass is 9.81. The van der Waals surface area contributed by atoms with E-state index in [1.165, 1.54) is 23.9 Å². The summed E-state index contributed by atoms with van der Waals surface area (Å²) in [7, 11) is -1.36. The van der Waals surface area contributed by atoms with E-state index in [2.05, 4.69) is 47.8 Å². The van der Waals surface area contributed by atoms with Gasteiger partial charge in [0.15, 0.2) is 46.5 Å². The van der Waals surface area contributed by atoms with Crippen molar-refractivity contribution in [3.63, 3.8) is 0 Å². The van der Waals surface area contributed by atoms with Crippen LogP contribution < -0.4 is 5.46 Å². The second-order valence-electron chi connectivity index (χ2n) is 7.70. The molecule has 0 heterocycles. The van der Waals surface area contributed by atoms with Crippen LogP contribution in [0.3, 0.4) is 0 Å². The molecule has 2 N–H and O–H groups in total. The van der Waals surface area contributed by atoms with Crippen molar-refractivity contribution in [1.82, 2.24) is 0 Å². The Hall–Kier alpha value is -1.56. The van der Waals surface area contributed by atoms with Crippen molar-refractivity contribution < 1.29 is 45.2 Å². The van der Waals surface area contributed by atoms with Gasteiger partial charge < -0.3 is 10.0 Å². The summed E-state index contributed by atoms with van der Waals surface area (Å²) in [6.07, 6.45) is 3.82. The fraction of sp³-hybridized carbons (Fsp3) is 0.0769. The topological polar surface area (TPSA) is 40.5 Å². The van der Waals surface area contributed by atoms with Crippen LogP contribution in [0.1, 0.15) is 0 Å². The van der Waals surface area contributed by atoms with Gasteiger partial charge in [-0.3, -0.25) is 0 Å². The number of halogens is 11. The molecule has 16 heteroatoms. The van der Waals surface area contributed by atoms with Crippen molar-refractivity contribution >= 4 is 83.9 Å². The van der Waals surface area contributed by atoms with Gasteiger partial charge in [0.1, 0.15) is 0 Å². The average Bonchev–Trinajstić information content (AvgIpc) is 3.01. The minimum Gasteiger partial charge on any atom is -0.423 e. The first-order chi connectivity index (χ1) is 19.7. The van der Waals surface area contributed by atoms with Gasteiger partial charge in [-0.25, -0.2) is 35.1 Å². The fourth-order valence-electron chi connectivity index (χ4n) is 2.97. The Morgan fingerprint density at radius 3 is 1.07 bits per heavy atom. The number of hydrogen-bond acceptors (Lipinski definition) is 4. The molecule has 4 rings (SSSR count). The van der Waals surface area contributed by atoms with Gasteiger partial charge in [-0.05, 0) is 95.6 Å². The van der Waals surface area contributed by atoms with Crippen LogP contribution in [-0.4, -0.2) is 29.7 Å². The summed E-state index contributed by atoms with van der Waals surface area (Å²) in [5.41, 5.74) is -0.0910. The van der Waals surface area contributed by atoms with Crippen molar-refractivity contribution in [2.24, 2.45) is 0 Å². The zero-order valence-electron chi connectivity index (χ0n) is 21.1. The summed E-state index contributed by atoms with van der Waals surface area (Å²) in [4.78, 5) is 2.00. The molecule has 0 fully saturated rings. The molecular formula is C26H16BBr3F8O2S2. The third-order valence-corrected chi connectivity index (χ3v) is 8.73. The molecule has 2 nitrogen and oxygen atoms in total. The number of thioether (sulfide) groups is 2. The van der Waals surface area contributed by atoms with Gasteiger partial charge >= 0.3 is 7.12 Å². The van der Waals surface area contributed by atoms with E-state index in [-0.39, 0.29) is 5.56 Å². The molecule has 0 radical (unpaired) electrons. The van der Waals surface area contributed by atoms with E-state index in [9.17, 15) is 35.1 Å². The van der Waals surface area contributed by atoms with Crippen molar-refractivity contribution in [3.8, 4) is 11.1 Å². The summed E-state index contributed by atoms with van der Waals surface area (Å²) >= 11 is 10.3. The van der Waals surface area contributed by atoms with E-state index in [4.69, 9.17) is 10.0 Å². The maximum absolute atomic E-state index is 13.8. The third kappa shape index (κ3) is 8.76. The maximum Gasteiger partial charge on any atom is 0.488 e. The summed E-state index contributed by atoms with van der Waals surface area (Å²) in [6, 6.07) is 13.2. The molecule has 0 atom stereocenters. The van der Waals surface area contributed by atoms with E-state index in [0.29, 0.717) is 5.46 Å². The molecule has 0 saturated carbocycles. The smallest absolute Gasteiger partial charge is 0.423 e. The highest BCUT2D eigenvalue weighted by Crippen LogP contribution is 2.35. The fourth-order valence-corrected chi connectivity index (χ4v) is 4.83. The molecule has 0 saturated heterocycles. The van der Waals surface area contributed by atoms with Crippen LogP contribution >= 0.6 is 71.3 Å². The van der Waals surface area contributed by atoms with E-state index in [1.807, 2.05) is 24.6 Å². The molecule has 0 aliphatic heterocycles. The Morgan fingerprint density at radius 1 is 0.500 bits per heavy atom. The van der Waals surface area contributed by atoms with Gasteiger partial charge in [0.25, 0.3) is 0 Å². The van der Waals surface area contributed by atoms with E-state index < -0.39 is 72.6 Å². The van der Waals surface area contributed by atoms with Gasteiger partial charge in [-0.15, -0.1) is 23.5 Å². The summed E-state index contributed by atoms with van der Waals surface area (Å²) in [5.74, 6) is -11.5. The largest absolute Gasteiger partial charge is 0.488 e. The first-order valence-corrected chi connectivity index (χ1v) is 15.8. The molecular weight excluding hydrogens is 811 g/mol. The molecule has 42 heavy (non-hydrogen) atoms. The zero-order valence-corrected chi connectivity index (χ0v) is 27.5. The minimum atomic E-state index is -1.46. The maximum atomic E-state index is 13.8. The van der Waals surface area contributed by atoms with Crippen molar-refractivity contribution in [2.45, 2.75) is 9.79 Å². The van der Waals surface area contributed by atoms with Crippen LogP contribution in [0.4, 0.5) is 35.1 Å². The summed E-state index contributed by atoms with van der Waals surface area (Å²) < 4.78 is 102. The van der Waals surface area contributed by atoms with Gasteiger partial charge in [-0.1, -0.05) is 24.3 Å². The minimum absolute atomic E-state index is 0.0816. The summed E-state index contributed by atoms with van der Waals surface area (Å²) in [5, 5.41) is 17.5. The molecule has 224 valence electrons. The molecule has 0 amide bonds. The lowest BCUT2D eigenvalue weighted by Gasteiger charge is -2.09. The predicted octanol–water partition coefficient (Wildman–Crippen LogP) is 9.25. The highest BCUT2D eigenvalue weighted by atomic mass is 79.9.